The Labute approximate surface area is 90.9 Å². The van der Waals surface area contributed by atoms with Gasteiger partial charge in [0.1, 0.15) is 11.6 Å². The Morgan fingerprint density at radius 3 is 2.67 bits per heavy atom. The van der Waals surface area contributed by atoms with E-state index in [2.05, 4.69) is 15.0 Å². The van der Waals surface area contributed by atoms with E-state index in [9.17, 15) is 0 Å². The molecule has 15 heavy (non-hydrogen) atoms. The Hall–Kier alpha value is -1.88. The summed E-state index contributed by atoms with van der Waals surface area (Å²) >= 11 is 5.74. The quantitative estimate of drug-likeness (QED) is 0.840. The van der Waals surface area contributed by atoms with Gasteiger partial charge in [-0.25, -0.2) is 9.97 Å². The lowest BCUT2D eigenvalue weighted by Gasteiger charge is -2.03. The van der Waals surface area contributed by atoms with Crippen LogP contribution in [0.1, 0.15) is 0 Å². The third-order valence-corrected chi connectivity index (χ3v) is 1.76. The summed E-state index contributed by atoms with van der Waals surface area (Å²) in [7, 11) is 0. The molecule has 0 aliphatic heterocycles. The third-order valence-electron chi connectivity index (χ3n) is 1.55. The number of rotatable bonds is 2. The van der Waals surface area contributed by atoms with Crippen molar-refractivity contribution in [3.05, 3.63) is 35.9 Å². The molecule has 2 N–H and O–H groups in total. The summed E-state index contributed by atoms with van der Waals surface area (Å²) in [5, 5.41) is 0.496. The van der Waals surface area contributed by atoms with Crippen LogP contribution in [0.3, 0.4) is 0 Å². The van der Waals surface area contributed by atoms with E-state index < -0.39 is 0 Å². The van der Waals surface area contributed by atoms with Crippen LogP contribution >= 0.6 is 11.6 Å². The van der Waals surface area contributed by atoms with E-state index in [0.29, 0.717) is 22.5 Å². The second-order valence-corrected chi connectivity index (χ2v) is 3.16. The molecule has 0 unspecified atom stereocenters. The number of aromatic nitrogens is 3. The molecule has 6 heteroatoms. The molecule has 0 spiro atoms. The van der Waals surface area contributed by atoms with Gasteiger partial charge in [-0.3, -0.25) is 4.98 Å². The zero-order valence-corrected chi connectivity index (χ0v) is 8.35. The predicted octanol–water partition coefficient (Wildman–Crippen LogP) is 1.90. The van der Waals surface area contributed by atoms with Crippen LogP contribution in [0.4, 0.5) is 5.82 Å². The fourth-order valence-electron chi connectivity index (χ4n) is 0.948. The molecule has 2 aromatic rings. The molecule has 0 aliphatic carbocycles. The average molecular weight is 223 g/mol. The van der Waals surface area contributed by atoms with Gasteiger partial charge < -0.3 is 10.5 Å². The van der Waals surface area contributed by atoms with E-state index in [0.717, 1.165) is 0 Å². The maximum Gasteiger partial charge on any atom is 0.238 e. The normalized spacial score (nSPS) is 9.93. The number of halogens is 1. The number of ether oxygens (including phenoxy) is 1. The number of nitrogens with two attached hydrogens (primary N) is 1. The Kier molecular flexibility index (Phi) is 2.64. The SMILES string of the molecule is Nc1cnc(Oc2cncc(Cl)c2)cn1. The molecule has 0 aromatic carbocycles. The Balaban J connectivity index is 2.18. The fraction of sp³-hybridized carbons (Fsp3) is 0. The third kappa shape index (κ3) is 2.54. The molecule has 0 atom stereocenters. The molecule has 0 saturated heterocycles. The monoisotopic (exact) mass is 222 g/mol. The minimum atomic E-state index is 0.339. The Bertz CT molecular complexity index is 460. The lowest BCUT2D eigenvalue weighted by atomic mass is 10.5. The van der Waals surface area contributed by atoms with E-state index in [1.165, 1.54) is 24.8 Å². The highest BCUT2D eigenvalue weighted by Crippen LogP contribution is 2.20. The maximum absolute atomic E-state index is 5.74. The zero-order valence-electron chi connectivity index (χ0n) is 7.59. The summed E-state index contributed by atoms with van der Waals surface area (Å²) in [6.45, 7) is 0. The van der Waals surface area contributed by atoms with Crippen LogP contribution in [-0.2, 0) is 0 Å². The van der Waals surface area contributed by atoms with Crippen molar-refractivity contribution < 1.29 is 4.74 Å². The van der Waals surface area contributed by atoms with Gasteiger partial charge in [-0.15, -0.1) is 0 Å². The molecule has 2 aromatic heterocycles. The first-order valence-corrected chi connectivity index (χ1v) is 4.48. The van der Waals surface area contributed by atoms with Crippen molar-refractivity contribution in [2.45, 2.75) is 0 Å². The van der Waals surface area contributed by atoms with Crippen molar-refractivity contribution in [2.24, 2.45) is 0 Å². The average Bonchev–Trinajstić information content (AvgIpc) is 2.22. The highest BCUT2D eigenvalue weighted by atomic mass is 35.5. The van der Waals surface area contributed by atoms with Gasteiger partial charge in [0.2, 0.25) is 5.88 Å². The van der Waals surface area contributed by atoms with Gasteiger partial charge in [-0.2, -0.15) is 0 Å². The van der Waals surface area contributed by atoms with Gasteiger partial charge in [0.15, 0.2) is 0 Å². The summed E-state index contributed by atoms with van der Waals surface area (Å²) in [5.74, 6) is 1.18. The van der Waals surface area contributed by atoms with Crippen molar-refractivity contribution in [3.63, 3.8) is 0 Å². The zero-order chi connectivity index (χ0) is 10.7. The van der Waals surface area contributed by atoms with Crippen molar-refractivity contribution in [3.8, 4) is 11.6 Å². The van der Waals surface area contributed by atoms with Gasteiger partial charge in [0.25, 0.3) is 0 Å². The van der Waals surface area contributed by atoms with Crippen LogP contribution in [0.25, 0.3) is 0 Å². The molecule has 0 aliphatic rings. The number of anilines is 1. The van der Waals surface area contributed by atoms with Crippen LogP contribution in [0, 0.1) is 0 Å². The Morgan fingerprint density at radius 1 is 1.13 bits per heavy atom. The van der Waals surface area contributed by atoms with E-state index in [1.807, 2.05) is 0 Å². The van der Waals surface area contributed by atoms with Crippen molar-refractivity contribution in [1.82, 2.24) is 15.0 Å². The van der Waals surface area contributed by atoms with E-state index in [1.54, 1.807) is 6.07 Å². The van der Waals surface area contributed by atoms with Gasteiger partial charge in [0, 0.05) is 12.3 Å². The summed E-state index contributed by atoms with van der Waals surface area (Å²) in [6.07, 6.45) is 5.89. The summed E-state index contributed by atoms with van der Waals surface area (Å²) in [5.41, 5.74) is 5.38. The maximum atomic E-state index is 5.74. The highest BCUT2D eigenvalue weighted by Gasteiger charge is 2.00. The first kappa shape index (κ1) is 9.67. The number of hydrogen-bond donors (Lipinski definition) is 1. The van der Waals surface area contributed by atoms with Crippen LogP contribution in [0.5, 0.6) is 11.6 Å². The summed E-state index contributed by atoms with van der Waals surface area (Å²) in [6, 6.07) is 1.63. The van der Waals surface area contributed by atoms with Gasteiger partial charge in [-0.05, 0) is 0 Å². The molecule has 0 saturated carbocycles. The van der Waals surface area contributed by atoms with E-state index in [4.69, 9.17) is 22.1 Å². The van der Waals surface area contributed by atoms with Crippen LogP contribution in [0.2, 0.25) is 5.02 Å². The lowest BCUT2D eigenvalue weighted by molar-refractivity contribution is 0.458. The van der Waals surface area contributed by atoms with Gasteiger partial charge in [0.05, 0.1) is 23.6 Å². The van der Waals surface area contributed by atoms with E-state index in [-0.39, 0.29) is 0 Å². The van der Waals surface area contributed by atoms with Gasteiger partial charge in [-0.1, -0.05) is 11.6 Å². The molecule has 2 heterocycles. The second kappa shape index (κ2) is 4.10. The minimum absolute atomic E-state index is 0.339. The number of nitrogen functional groups attached to an aromatic ring is 1. The molecule has 0 fully saturated rings. The van der Waals surface area contributed by atoms with Crippen molar-refractivity contribution in [2.75, 3.05) is 5.73 Å². The largest absolute Gasteiger partial charge is 0.436 e. The molecule has 76 valence electrons. The number of hydrogen-bond acceptors (Lipinski definition) is 5. The first-order valence-electron chi connectivity index (χ1n) is 4.10. The Morgan fingerprint density at radius 2 is 2.00 bits per heavy atom. The van der Waals surface area contributed by atoms with Gasteiger partial charge >= 0.3 is 0 Å². The smallest absolute Gasteiger partial charge is 0.238 e. The van der Waals surface area contributed by atoms with Crippen molar-refractivity contribution in [1.29, 1.82) is 0 Å². The minimum Gasteiger partial charge on any atom is -0.436 e. The molecule has 0 radical (unpaired) electrons. The fourth-order valence-corrected chi connectivity index (χ4v) is 1.11. The molecular formula is C9H7ClN4O. The molecular weight excluding hydrogens is 216 g/mol. The molecule has 0 amide bonds. The van der Waals surface area contributed by atoms with Crippen LogP contribution in [0.15, 0.2) is 30.9 Å². The summed E-state index contributed by atoms with van der Waals surface area (Å²) < 4.78 is 5.34. The first-order chi connectivity index (χ1) is 7.24. The number of pyridine rings is 1. The van der Waals surface area contributed by atoms with Crippen LogP contribution in [-0.4, -0.2) is 15.0 Å². The standard InChI is InChI=1S/C9H7ClN4O/c10-6-1-7(3-12-2-6)15-9-5-13-8(11)4-14-9/h1-5H,(H2,11,13). The lowest BCUT2D eigenvalue weighted by Crippen LogP contribution is -1.93. The molecule has 2 rings (SSSR count). The molecule has 5 nitrogen and oxygen atoms in total. The van der Waals surface area contributed by atoms with Crippen molar-refractivity contribution >= 4 is 17.4 Å². The van der Waals surface area contributed by atoms with E-state index >= 15 is 0 Å². The highest BCUT2D eigenvalue weighted by molar-refractivity contribution is 6.30. The topological polar surface area (TPSA) is 73.9 Å². The predicted molar refractivity (Wildman–Crippen MR) is 55.8 cm³/mol. The molecule has 0 bridgehead atoms. The summed E-state index contributed by atoms with van der Waals surface area (Å²) in [4.78, 5) is 11.6. The second-order valence-electron chi connectivity index (χ2n) is 2.72. The number of nitrogens with zero attached hydrogens (tertiary/aromatic N) is 3. The van der Waals surface area contributed by atoms with Crippen LogP contribution < -0.4 is 10.5 Å².